The maximum absolute atomic E-state index is 12.3. The Labute approximate surface area is 149 Å². The quantitative estimate of drug-likeness (QED) is 0.716. The summed E-state index contributed by atoms with van der Waals surface area (Å²) in [4.78, 5) is 0. The summed E-state index contributed by atoms with van der Waals surface area (Å²) in [5.41, 5.74) is 9.31. The third kappa shape index (κ3) is 4.61. The molecule has 0 amide bonds. The molecule has 1 aliphatic heterocycles. The summed E-state index contributed by atoms with van der Waals surface area (Å²) in [5.74, 6) is 0.357. The molecule has 6 nitrogen and oxygen atoms in total. The lowest BCUT2D eigenvalue weighted by atomic mass is 9.87. The Balaban J connectivity index is 2.10. The fraction of sp³-hybridized carbons (Fsp3) is 0.625. The number of halogens is 1. The number of nitrogens with zero attached hydrogens (tertiary/aromatic N) is 1. The van der Waals surface area contributed by atoms with Crippen LogP contribution < -0.4 is 10.9 Å². The first-order valence-corrected chi connectivity index (χ1v) is 10.1. The summed E-state index contributed by atoms with van der Waals surface area (Å²) in [6.07, 6.45) is 1.60. The predicted molar refractivity (Wildman–Crippen MR) is 98.1 cm³/mol. The lowest BCUT2D eigenvalue weighted by Gasteiger charge is -2.32. The van der Waals surface area contributed by atoms with E-state index in [4.69, 9.17) is 16.3 Å². The normalized spacial score (nSPS) is 17.2. The molecular formula is C16H26ClN3O3S. The highest BCUT2D eigenvalue weighted by molar-refractivity contribution is 7.89. The molecule has 0 spiro atoms. The van der Waals surface area contributed by atoms with Gasteiger partial charge in [0.05, 0.1) is 18.0 Å². The second kappa shape index (κ2) is 8.49. The molecule has 0 bridgehead atoms. The molecule has 0 unspecified atom stereocenters. The summed E-state index contributed by atoms with van der Waals surface area (Å²) >= 11 is 6.25. The Morgan fingerprint density at radius 3 is 2.58 bits per heavy atom. The van der Waals surface area contributed by atoms with Gasteiger partial charge in [-0.3, -0.25) is 0 Å². The van der Waals surface area contributed by atoms with Gasteiger partial charge in [0, 0.05) is 32.3 Å². The average molecular weight is 376 g/mol. The predicted octanol–water partition coefficient (Wildman–Crippen LogP) is 2.35. The molecule has 1 saturated heterocycles. The van der Waals surface area contributed by atoms with Gasteiger partial charge >= 0.3 is 0 Å². The molecule has 0 aliphatic carbocycles. The molecule has 0 aromatic heterocycles. The van der Waals surface area contributed by atoms with E-state index in [0.717, 1.165) is 24.1 Å². The van der Waals surface area contributed by atoms with Crippen LogP contribution in [0.15, 0.2) is 12.1 Å². The minimum absolute atomic E-state index is 0.0423. The molecule has 2 N–H and O–H groups in total. The molecular weight excluding hydrogens is 350 g/mol. The Morgan fingerprint density at radius 2 is 2.00 bits per heavy atom. The van der Waals surface area contributed by atoms with Crippen LogP contribution in [0.5, 0.6) is 0 Å². The molecule has 0 atom stereocenters. The van der Waals surface area contributed by atoms with Gasteiger partial charge in [-0.05, 0) is 48.9 Å². The maximum atomic E-state index is 12.3. The highest BCUT2D eigenvalue weighted by atomic mass is 35.5. The maximum Gasteiger partial charge on any atom is 0.216 e. The number of nitrogens with one attached hydrogen (secondary N) is 2. The van der Waals surface area contributed by atoms with Gasteiger partial charge in [0.1, 0.15) is 0 Å². The van der Waals surface area contributed by atoms with Gasteiger partial charge in [0.2, 0.25) is 10.0 Å². The van der Waals surface area contributed by atoms with Crippen molar-refractivity contribution < 1.29 is 13.2 Å². The van der Waals surface area contributed by atoms with E-state index in [1.165, 1.54) is 12.7 Å². The van der Waals surface area contributed by atoms with Gasteiger partial charge in [-0.25, -0.2) is 18.1 Å². The van der Waals surface area contributed by atoms with Gasteiger partial charge in [-0.15, -0.1) is 0 Å². The summed E-state index contributed by atoms with van der Waals surface area (Å²) in [5, 5.41) is 0.684. The standard InChI is InChI=1S/C16H26ClN3O3S/c1-12-15(10-14(17)11-16(12)19-18-2)13-4-6-20(7-5-13)24(21,22)9-8-23-3/h10-11,13,18-19H,4-9H2,1-3H3. The first-order chi connectivity index (χ1) is 11.4. The third-order valence-electron chi connectivity index (χ3n) is 4.50. The minimum Gasteiger partial charge on any atom is -0.384 e. The van der Waals surface area contributed by atoms with Crippen molar-refractivity contribution in [2.75, 3.05) is 45.0 Å². The number of ether oxygens (including phenoxy) is 1. The zero-order valence-corrected chi connectivity index (χ0v) is 16.0. The number of hydrogen-bond donors (Lipinski definition) is 2. The molecule has 1 aromatic carbocycles. The van der Waals surface area contributed by atoms with Crippen LogP contribution in [0.3, 0.4) is 0 Å². The Bertz CT molecular complexity index is 659. The number of hydrazine groups is 1. The number of anilines is 1. The fourth-order valence-corrected chi connectivity index (χ4v) is 4.78. The van der Waals surface area contributed by atoms with Gasteiger partial charge in [-0.2, -0.15) is 0 Å². The van der Waals surface area contributed by atoms with Crippen molar-refractivity contribution in [3.05, 3.63) is 28.3 Å². The largest absolute Gasteiger partial charge is 0.384 e. The number of benzene rings is 1. The number of piperidine rings is 1. The molecule has 0 saturated carbocycles. The first-order valence-electron chi connectivity index (χ1n) is 8.08. The van der Waals surface area contributed by atoms with Crippen molar-refractivity contribution >= 4 is 27.3 Å². The molecule has 1 fully saturated rings. The summed E-state index contributed by atoms with van der Waals surface area (Å²) < 4.78 is 31.0. The first kappa shape index (κ1) is 19.5. The average Bonchev–Trinajstić information content (AvgIpc) is 2.56. The fourth-order valence-electron chi connectivity index (χ4n) is 3.15. The van der Waals surface area contributed by atoms with Crippen LogP contribution in [0, 0.1) is 6.92 Å². The van der Waals surface area contributed by atoms with Gasteiger partial charge in [0.15, 0.2) is 0 Å². The van der Waals surface area contributed by atoms with Crippen molar-refractivity contribution in [1.29, 1.82) is 0 Å². The highest BCUT2D eigenvalue weighted by Gasteiger charge is 2.29. The van der Waals surface area contributed by atoms with E-state index in [9.17, 15) is 8.42 Å². The van der Waals surface area contributed by atoms with E-state index < -0.39 is 10.0 Å². The van der Waals surface area contributed by atoms with E-state index in [0.29, 0.717) is 24.0 Å². The summed E-state index contributed by atoms with van der Waals surface area (Å²) in [6, 6.07) is 3.89. The van der Waals surface area contributed by atoms with Gasteiger partial charge in [-0.1, -0.05) is 11.6 Å². The van der Waals surface area contributed by atoms with Crippen LogP contribution in [0.2, 0.25) is 5.02 Å². The summed E-state index contributed by atoms with van der Waals surface area (Å²) in [6.45, 7) is 3.37. The van der Waals surface area contributed by atoms with Crippen LogP contribution in [0.1, 0.15) is 29.9 Å². The van der Waals surface area contributed by atoms with Crippen molar-refractivity contribution in [3.8, 4) is 0 Å². The van der Waals surface area contributed by atoms with E-state index >= 15 is 0 Å². The van der Waals surface area contributed by atoms with Crippen molar-refractivity contribution in [2.45, 2.75) is 25.7 Å². The zero-order chi connectivity index (χ0) is 17.7. The second-order valence-corrected chi connectivity index (χ2v) is 8.55. The van der Waals surface area contributed by atoms with Crippen LogP contribution >= 0.6 is 11.6 Å². The van der Waals surface area contributed by atoms with E-state index in [-0.39, 0.29) is 12.4 Å². The Morgan fingerprint density at radius 1 is 1.33 bits per heavy atom. The topological polar surface area (TPSA) is 70.7 Å². The lowest BCUT2D eigenvalue weighted by Crippen LogP contribution is -2.40. The lowest BCUT2D eigenvalue weighted by molar-refractivity contribution is 0.214. The highest BCUT2D eigenvalue weighted by Crippen LogP contribution is 2.35. The number of sulfonamides is 1. The molecule has 2 rings (SSSR count). The van der Waals surface area contributed by atoms with E-state index in [1.54, 1.807) is 4.31 Å². The van der Waals surface area contributed by atoms with Crippen LogP contribution in [0.25, 0.3) is 0 Å². The molecule has 136 valence electrons. The van der Waals surface area contributed by atoms with Crippen LogP contribution in [-0.2, 0) is 14.8 Å². The number of hydrogen-bond acceptors (Lipinski definition) is 5. The van der Waals surface area contributed by atoms with Crippen molar-refractivity contribution in [1.82, 2.24) is 9.73 Å². The second-order valence-electron chi connectivity index (χ2n) is 6.02. The number of methoxy groups -OCH3 is 1. The minimum atomic E-state index is -3.23. The molecule has 1 aromatic rings. The SMILES string of the molecule is CNNc1cc(Cl)cc(C2CCN(S(=O)(=O)CCOC)CC2)c1C. The Hall–Kier alpha value is -0.860. The van der Waals surface area contributed by atoms with Crippen LogP contribution in [0.4, 0.5) is 5.69 Å². The van der Waals surface area contributed by atoms with Crippen molar-refractivity contribution in [3.63, 3.8) is 0 Å². The smallest absolute Gasteiger partial charge is 0.216 e. The number of rotatable bonds is 7. The molecule has 24 heavy (non-hydrogen) atoms. The Kier molecular flexibility index (Phi) is 6.88. The molecule has 0 radical (unpaired) electrons. The zero-order valence-electron chi connectivity index (χ0n) is 14.4. The van der Waals surface area contributed by atoms with E-state index in [1.807, 2.05) is 19.2 Å². The summed E-state index contributed by atoms with van der Waals surface area (Å²) in [7, 11) is 0.0970. The van der Waals surface area contributed by atoms with Crippen LogP contribution in [-0.4, -0.2) is 52.3 Å². The van der Waals surface area contributed by atoms with Gasteiger partial charge in [0.25, 0.3) is 0 Å². The van der Waals surface area contributed by atoms with Gasteiger partial charge < -0.3 is 10.2 Å². The molecule has 1 aliphatic rings. The van der Waals surface area contributed by atoms with Crippen molar-refractivity contribution in [2.24, 2.45) is 0 Å². The molecule has 8 heteroatoms. The van der Waals surface area contributed by atoms with E-state index in [2.05, 4.69) is 17.8 Å². The monoisotopic (exact) mass is 375 g/mol. The third-order valence-corrected chi connectivity index (χ3v) is 6.56. The molecule has 1 heterocycles.